The van der Waals surface area contributed by atoms with E-state index in [-0.39, 0.29) is 5.41 Å². The van der Waals surface area contributed by atoms with Crippen molar-refractivity contribution in [3.8, 4) is 0 Å². The van der Waals surface area contributed by atoms with Gasteiger partial charge in [0.25, 0.3) is 0 Å². The van der Waals surface area contributed by atoms with E-state index < -0.39 is 0 Å². The molecule has 0 aliphatic rings. The van der Waals surface area contributed by atoms with Crippen molar-refractivity contribution in [1.82, 2.24) is 0 Å². The summed E-state index contributed by atoms with van der Waals surface area (Å²) in [6.45, 7) is 8.59. The Balaban J connectivity index is 3.24. The molecule has 0 aliphatic heterocycles. The predicted octanol–water partition coefficient (Wildman–Crippen LogP) is 4.49. The maximum absolute atomic E-state index is 8.62. The predicted molar refractivity (Wildman–Crippen MR) is 83.3 cm³/mol. The molecule has 0 bridgehead atoms. The molecule has 0 atom stereocenters. The number of allylic oxidation sites excluding steroid dienone is 4. The second kappa shape index (κ2) is 12.4. The molecule has 0 saturated carbocycles. The van der Waals surface area contributed by atoms with Crippen LogP contribution in [0, 0.1) is 5.41 Å². The Kier molecular flexibility index (Phi) is 12.0. The molecule has 0 amide bonds. The summed E-state index contributed by atoms with van der Waals surface area (Å²) in [6, 6.07) is 0. The van der Waals surface area contributed by atoms with E-state index in [1.807, 2.05) is 0 Å². The zero-order valence-electron chi connectivity index (χ0n) is 13.0. The van der Waals surface area contributed by atoms with Crippen LogP contribution in [0.2, 0.25) is 0 Å². The number of rotatable bonds is 11. The molecule has 0 spiro atoms. The standard InChI is InChI=1S/C17H32O2/c1-17(2,3)16-19-15-13-11-9-7-5-4-6-8-10-12-14-18/h6-9,18H,4-5,10-16H2,1-3H3/b8-6+,9-7+. The van der Waals surface area contributed by atoms with E-state index in [2.05, 4.69) is 45.1 Å². The van der Waals surface area contributed by atoms with Gasteiger partial charge in [0.05, 0.1) is 6.61 Å². The van der Waals surface area contributed by atoms with Gasteiger partial charge in [-0.2, -0.15) is 0 Å². The smallest absolute Gasteiger partial charge is 0.0514 e. The lowest BCUT2D eigenvalue weighted by Crippen LogP contribution is -2.14. The van der Waals surface area contributed by atoms with Crippen molar-refractivity contribution in [2.45, 2.75) is 59.3 Å². The fraction of sp³-hybridized carbons (Fsp3) is 0.765. The molecule has 0 rings (SSSR count). The first-order valence-corrected chi connectivity index (χ1v) is 7.55. The molecule has 0 radical (unpaired) electrons. The summed E-state index contributed by atoms with van der Waals surface area (Å²) in [5.41, 5.74) is 0.276. The summed E-state index contributed by atoms with van der Waals surface area (Å²) < 4.78 is 5.62. The Morgan fingerprint density at radius 1 is 0.842 bits per heavy atom. The SMILES string of the molecule is CC(C)(C)COCCC/C=C/CC/C=C/CCCO. The molecular weight excluding hydrogens is 236 g/mol. The molecule has 2 nitrogen and oxygen atoms in total. The number of aliphatic hydroxyl groups is 1. The van der Waals surface area contributed by atoms with Crippen LogP contribution < -0.4 is 0 Å². The average molecular weight is 268 g/mol. The highest BCUT2D eigenvalue weighted by molar-refractivity contribution is 4.88. The van der Waals surface area contributed by atoms with Gasteiger partial charge in [-0.15, -0.1) is 0 Å². The average Bonchev–Trinajstić information content (AvgIpc) is 2.34. The molecule has 0 aromatic rings. The molecule has 112 valence electrons. The highest BCUT2D eigenvalue weighted by Gasteiger charge is 2.08. The Morgan fingerprint density at radius 3 is 1.89 bits per heavy atom. The molecule has 0 unspecified atom stereocenters. The Bertz CT molecular complexity index is 236. The molecule has 0 aliphatic carbocycles. The first-order valence-electron chi connectivity index (χ1n) is 7.55. The fourth-order valence-corrected chi connectivity index (χ4v) is 1.55. The molecule has 0 fully saturated rings. The van der Waals surface area contributed by atoms with E-state index in [9.17, 15) is 0 Å². The summed E-state index contributed by atoms with van der Waals surface area (Å²) in [6.07, 6.45) is 15.2. The van der Waals surface area contributed by atoms with E-state index in [4.69, 9.17) is 9.84 Å². The van der Waals surface area contributed by atoms with Crippen molar-refractivity contribution in [2.75, 3.05) is 19.8 Å². The maximum Gasteiger partial charge on any atom is 0.0514 e. The van der Waals surface area contributed by atoms with Crippen LogP contribution in [-0.2, 0) is 4.74 Å². The van der Waals surface area contributed by atoms with Gasteiger partial charge in [0, 0.05) is 13.2 Å². The topological polar surface area (TPSA) is 29.5 Å². The zero-order chi connectivity index (χ0) is 14.4. The highest BCUT2D eigenvalue weighted by Crippen LogP contribution is 2.12. The van der Waals surface area contributed by atoms with Gasteiger partial charge in [-0.05, 0) is 43.9 Å². The summed E-state index contributed by atoms with van der Waals surface area (Å²) >= 11 is 0. The second-order valence-corrected chi connectivity index (χ2v) is 6.14. The van der Waals surface area contributed by atoms with Gasteiger partial charge in [-0.25, -0.2) is 0 Å². The van der Waals surface area contributed by atoms with Crippen LogP contribution >= 0.6 is 0 Å². The first kappa shape index (κ1) is 18.4. The van der Waals surface area contributed by atoms with Crippen LogP contribution in [-0.4, -0.2) is 24.9 Å². The minimum atomic E-state index is 0.276. The van der Waals surface area contributed by atoms with Crippen molar-refractivity contribution in [3.05, 3.63) is 24.3 Å². The molecule has 0 aromatic carbocycles. The van der Waals surface area contributed by atoms with Gasteiger partial charge in [0.2, 0.25) is 0 Å². The van der Waals surface area contributed by atoms with Gasteiger partial charge < -0.3 is 9.84 Å². The molecule has 19 heavy (non-hydrogen) atoms. The summed E-state index contributed by atoms with van der Waals surface area (Å²) in [5, 5.41) is 8.62. The molecule has 0 saturated heterocycles. The largest absolute Gasteiger partial charge is 0.396 e. The Morgan fingerprint density at radius 2 is 1.37 bits per heavy atom. The fourth-order valence-electron chi connectivity index (χ4n) is 1.55. The first-order chi connectivity index (χ1) is 9.06. The van der Waals surface area contributed by atoms with Crippen LogP contribution in [0.3, 0.4) is 0 Å². The van der Waals surface area contributed by atoms with Gasteiger partial charge in [0.1, 0.15) is 0 Å². The van der Waals surface area contributed by atoms with Gasteiger partial charge in [-0.3, -0.25) is 0 Å². The number of unbranched alkanes of at least 4 members (excludes halogenated alkanes) is 3. The van der Waals surface area contributed by atoms with Gasteiger partial charge in [0.15, 0.2) is 0 Å². The zero-order valence-corrected chi connectivity index (χ0v) is 13.0. The number of ether oxygens (including phenoxy) is 1. The van der Waals surface area contributed by atoms with Gasteiger partial charge >= 0.3 is 0 Å². The van der Waals surface area contributed by atoms with Crippen LogP contribution in [0.25, 0.3) is 0 Å². The number of hydrogen-bond donors (Lipinski definition) is 1. The number of aliphatic hydroxyl groups excluding tert-OH is 1. The van der Waals surface area contributed by atoms with Crippen LogP contribution in [0.15, 0.2) is 24.3 Å². The summed E-state index contributed by atoms with van der Waals surface area (Å²) in [7, 11) is 0. The molecule has 1 N–H and O–H groups in total. The Hall–Kier alpha value is -0.600. The van der Waals surface area contributed by atoms with Crippen LogP contribution in [0.1, 0.15) is 59.3 Å². The molecular formula is C17H32O2. The van der Waals surface area contributed by atoms with E-state index in [1.165, 1.54) is 0 Å². The van der Waals surface area contributed by atoms with E-state index in [0.717, 1.165) is 51.7 Å². The van der Waals surface area contributed by atoms with Crippen LogP contribution in [0.5, 0.6) is 0 Å². The van der Waals surface area contributed by atoms with Crippen LogP contribution in [0.4, 0.5) is 0 Å². The normalized spacial score (nSPS) is 12.8. The second-order valence-electron chi connectivity index (χ2n) is 6.14. The minimum Gasteiger partial charge on any atom is -0.396 e. The maximum atomic E-state index is 8.62. The Labute approximate surface area is 119 Å². The molecule has 0 heterocycles. The summed E-state index contributed by atoms with van der Waals surface area (Å²) in [4.78, 5) is 0. The molecule has 0 aromatic heterocycles. The lowest BCUT2D eigenvalue weighted by Gasteiger charge is -2.17. The third kappa shape index (κ3) is 17.4. The van der Waals surface area contributed by atoms with E-state index in [0.29, 0.717) is 6.61 Å². The van der Waals surface area contributed by atoms with Crippen molar-refractivity contribution in [3.63, 3.8) is 0 Å². The van der Waals surface area contributed by atoms with Crippen molar-refractivity contribution < 1.29 is 9.84 Å². The third-order valence-electron chi connectivity index (χ3n) is 2.56. The third-order valence-corrected chi connectivity index (χ3v) is 2.56. The summed E-state index contributed by atoms with van der Waals surface area (Å²) in [5.74, 6) is 0. The minimum absolute atomic E-state index is 0.276. The van der Waals surface area contributed by atoms with E-state index >= 15 is 0 Å². The van der Waals surface area contributed by atoms with Crippen molar-refractivity contribution in [1.29, 1.82) is 0 Å². The van der Waals surface area contributed by atoms with Crippen molar-refractivity contribution in [2.24, 2.45) is 5.41 Å². The monoisotopic (exact) mass is 268 g/mol. The van der Waals surface area contributed by atoms with E-state index in [1.54, 1.807) is 0 Å². The van der Waals surface area contributed by atoms with Crippen molar-refractivity contribution >= 4 is 0 Å². The lowest BCUT2D eigenvalue weighted by molar-refractivity contribution is 0.0701. The number of hydrogen-bond acceptors (Lipinski definition) is 2. The lowest BCUT2D eigenvalue weighted by atomic mass is 9.99. The molecule has 2 heteroatoms. The van der Waals surface area contributed by atoms with Gasteiger partial charge in [-0.1, -0.05) is 45.1 Å². The highest BCUT2D eigenvalue weighted by atomic mass is 16.5. The quantitative estimate of drug-likeness (QED) is 0.442.